The summed E-state index contributed by atoms with van der Waals surface area (Å²) in [6.07, 6.45) is 72.5. The van der Waals surface area contributed by atoms with E-state index >= 15 is 0 Å². The maximum absolute atomic E-state index is 12.9. The number of allylic oxidation sites excluding steroid dienone is 6. The number of hydrogen-bond donors (Lipinski definition) is 1. The van der Waals surface area contributed by atoms with Crippen molar-refractivity contribution in [3.8, 4) is 0 Å². The molecule has 458 valence electrons. The minimum absolute atomic E-state index is 0.178. The molecule has 1 N–H and O–H groups in total. The maximum Gasteiger partial charge on any atom is 0.361 e. The molecule has 9 heteroatoms. The number of rotatable bonds is 63. The Bertz CT molecular complexity index is 1370. The lowest BCUT2D eigenvalue weighted by Gasteiger charge is -2.25. The number of ether oxygens (including phenoxy) is 4. The number of likely N-dealkylation sites (N-methyl/N-ethyl adjacent to an activating group) is 1. The highest BCUT2D eigenvalue weighted by Crippen LogP contribution is 2.18. The van der Waals surface area contributed by atoms with Crippen LogP contribution in [0.1, 0.15) is 328 Å². The van der Waals surface area contributed by atoms with Crippen LogP contribution in [0, 0.1) is 0 Å². The average molecular weight is 1100 g/mol. The number of unbranched alkanes of at least 4 members (excludes halogenated alkanes) is 42. The second-order valence-electron chi connectivity index (χ2n) is 24.1. The summed E-state index contributed by atoms with van der Waals surface area (Å²) in [6.45, 7) is 4.93. The first-order valence-corrected chi connectivity index (χ1v) is 33.7. The Hall–Kier alpha value is -2.49. The number of carbonyl (C=O) groups is 3. The quantitative estimate of drug-likeness (QED) is 0.0211. The van der Waals surface area contributed by atoms with Crippen LogP contribution in [-0.4, -0.2) is 87.4 Å². The topological polar surface area (TPSA) is 108 Å². The molecule has 0 radical (unpaired) electrons. The first-order chi connectivity index (χ1) is 38.1. The predicted octanol–water partition coefficient (Wildman–Crippen LogP) is 20.4. The van der Waals surface area contributed by atoms with E-state index in [1.165, 1.54) is 250 Å². The average Bonchev–Trinajstić information content (AvgIpc) is 3.41. The molecule has 0 saturated carbocycles. The fourth-order valence-corrected chi connectivity index (χ4v) is 9.97. The Morgan fingerprint density at radius 1 is 0.385 bits per heavy atom. The number of hydrogen-bond acceptors (Lipinski definition) is 7. The summed E-state index contributed by atoms with van der Waals surface area (Å²) in [4.78, 5) is 37.6. The zero-order valence-electron chi connectivity index (χ0n) is 52.3. The smallest absolute Gasteiger partial charge is 0.361 e. The highest BCUT2D eigenvalue weighted by atomic mass is 16.7. The van der Waals surface area contributed by atoms with Gasteiger partial charge in [0.1, 0.15) is 13.2 Å². The summed E-state index contributed by atoms with van der Waals surface area (Å²) in [6, 6.07) is 0. The zero-order chi connectivity index (χ0) is 56.9. The zero-order valence-corrected chi connectivity index (χ0v) is 52.3. The monoisotopic (exact) mass is 1100 g/mol. The lowest BCUT2D eigenvalue weighted by Crippen LogP contribution is -2.40. The summed E-state index contributed by atoms with van der Waals surface area (Å²) in [5, 5.41) is 9.73. The highest BCUT2D eigenvalue weighted by Gasteiger charge is 2.25. The van der Waals surface area contributed by atoms with Gasteiger partial charge in [-0.3, -0.25) is 9.59 Å². The molecule has 78 heavy (non-hydrogen) atoms. The van der Waals surface area contributed by atoms with Gasteiger partial charge in [-0.25, -0.2) is 4.79 Å². The van der Waals surface area contributed by atoms with Gasteiger partial charge in [0.2, 0.25) is 0 Å². The minimum Gasteiger partial charge on any atom is -0.477 e. The first kappa shape index (κ1) is 75.5. The van der Waals surface area contributed by atoms with Crippen molar-refractivity contribution in [3.63, 3.8) is 0 Å². The molecule has 0 heterocycles. The molecule has 0 amide bonds. The van der Waals surface area contributed by atoms with Gasteiger partial charge in [-0.05, 0) is 51.4 Å². The molecule has 0 spiro atoms. The fourth-order valence-electron chi connectivity index (χ4n) is 9.97. The Kier molecular flexibility index (Phi) is 58.7. The van der Waals surface area contributed by atoms with E-state index < -0.39 is 24.3 Å². The molecule has 2 atom stereocenters. The molecule has 0 aromatic heterocycles. The van der Waals surface area contributed by atoms with Crippen LogP contribution in [-0.2, 0) is 33.3 Å². The van der Waals surface area contributed by atoms with Gasteiger partial charge in [-0.2, -0.15) is 0 Å². The molecule has 0 aliphatic rings. The van der Waals surface area contributed by atoms with Crippen molar-refractivity contribution in [2.24, 2.45) is 0 Å². The van der Waals surface area contributed by atoms with Crippen LogP contribution in [0.15, 0.2) is 36.5 Å². The molecule has 0 rings (SSSR count). The fraction of sp³-hybridized carbons (Fsp3) is 0.870. The molecule has 0 saturated heterocycles. The maximum atomic E-state index is 12.9. The Labute approximate surface area is 483 Å². The van der Waals surface area contributed by atoms with E-state index in [9.17, 15) is 19.5 Å². The van der Waals surface area contributed by atoms with Crippen LogP contribution < -0.4 is 0 Å². The molecule has 2 unspecified atom stereocenters. The Balaban J connectivity index is 4.12. The lowest BCUT2D eigenvalue weighted by molar-refractivity contribution is -0.870. The van der Waals surface area contributed by atoms with Crippen LogP contribution in [0.2, 0.25) is 0 Å². The van der Waals surface area contributed by atoms with Gasteiger partial charge in [0.05, 0.1) is 34.4 Å². The highest BCUT2D eigenvalue weighted by molar-refractivity contribution is 5.71. The first-order valence-electron chi connectivity index (χ1n) is 33.7. The molecule has 0 fully saturated rings. The van der Waals surface area contributed by atoms with Gasteiger partial charge >= 0.3 is 17.9 Å². The number of carbonyl (C=O) groups excluding carboxylic acids is 2. The minimum atomic E-state index is -1.51. The molecule has 0 aliphatic heterocycles. The van der Waals surface area contributed by atoms with Crippen molar-refractivity contribution in [2.45, 2.75) is 341 Å². The van der Waals surface area contributed by atoms with Crippen molar-refractivity contribution in [3.05, 3.63) is 36.5 Å². The van der Waals surface area contributed by atoms with Crippen LogP contribution in [0.25, 0.3) is 0 Å². The molecule has 0 aromatic carbocycles. The second kappa shape index (κ2) is 60.6. The number of aliphatic carboxylic acids is 1. The third-order valence-corrected chi connectivity index (χ3v) is 15.1. The summed E-state index contributed by atoms with van der Waals surface area (Å²) in [5.74, 6) is -1.98. The van der Waals surface area contributed by atoms with Crippen molar-refractivity contribution >= 4 is 17.9 Å². The van der Waals surface area contributed by atoms with E-state index in [1.54, 1.807) is 0 Å². The van der Waals surface area contributed by atoms with E-state index in [4.69, 9.17) is 18.9 Å². The molecule has 0 bridgehead atoms. The van der Waals surface area contributed by atoms with E-state index in [0.717, 1.165) is 51.4 Å². The number of quaternary nitrogens is 1. The van der Waals surface area contributed by atoms with Crippen LogP contribution in [0.4, 0.5) is 0 Å². The number of carboxylic acid groups (broad SMARTS) is 1. The van der Waals surface area contributed by atoms with Crippen LogP contribution in [0.5, 0.6) is 0 Å². The largest absolute Gasteiger partial charge is 0.477 e. The van der Waals surface area contributed by atoms with E-state index in [-0.39, 0.29) is 32.2 Å². The predicted molar refractivity (Wildman–Crippen MR) is 332 cm³/mol. The Morgan fingerprint density at radius 2 is 0.692 bits per heavy atom. The van der Waals surface area contributed by atoms with Crippen molar-refractivity contribution in [1.29, 1.82) is 0 Å². The van der Waals surface area contributed by atoms with Gasteiger partial charge in [-0.1, -0.05) is 301 Å². The van der Waals surface area contributed by atoms with Crippen LogP contribution in [0.3, 0.4) is 0 Å². The third kappa shape index (κ3) is 61.1. The molecule has 9 nitrogen and oxygen atoms in total. The molecule has 0 aromatic rings. The molecular weight excluding hydrogens is 971 g/mol. The van der Waals surface area contributed by atoms with Gasteiger partial charge < -0.3 is 28.5 Å². The number of nitrogens with zero attached hydrogens (tertiary/aromatic N) is 1. The second-order valence-corrected chi connectivity index (χ2v) is 24.1. The summed E-state index contributed by atoms with van der Waals surface area (Å²) in [5.41, 5.74) is 0. The summed E-state index contributed by atoms with van der Waals surface area (Å²) in [7, 11) is 5.98. The standard InChI is InChI=1S/C69H129NO8/c1-6-8-10-12-14-16-18-20-22-24-26-28-30-32-34-36-38-40-42-44-46-48-50-52-54-56-58-60-67(72)78-65(64-77-69(68(73)74)75-62-61-70(3,4)5)63-76-66(71)59-57-55-53-51-49-47-45-43-41-39-37-35-33-31-29-27-25-23-21-19-17-15-13-11-9-7-2/h18,20,24,26,30,32,65,69H,6-17,19,21-23,25,27-29,31,33-64H2,1-5H3/p+1/b20-18-,26-24-,32-30-. The molecular formula is C69H130NO8+. The van der Waals surface area contributed by atoms with E-state index in [1.807, 2.05) is 21.1 Å². The van der Waals surface area contributed by atoms with Crippen molar-refractivity contribution in [2.75, 3.05) is 47.5 Å². The van der Waals surface area contributed by atoms with Crippen molar-refractivity contribution < 1.29 is 42.9 Å². The molecule has 0 aliphatic carbocycles. The SMILES string of the molecule is CCCCCCC/C=C\C/C=C\C/C=C\CCCCCCCCCCCCCCC(=O)OC(COC(=O)CCCCCCCCCCCCCCCCCCCCCCCCCCCC)COC(OCC[N+](C)(C)C)C(=O)O. The van der Waals surface area contributed by atoms with E-state index in [2.05, 4.69) is 50.3 Å². The van der Waals surface area contributed by atoms with Crippen molar-refractivity contribution in [1.82, 2.24) is 0 Å². The summed E-state index contributed by atoms with van der Waals surface area (Å²) < 4.78 is 23.0. The van der Waals surface area contributed by atoms with Gasteiger partial charge in [-0.15, -0.1) is 0 Å². The third-order valence-electron chi connectivity index (χ3n) is 15.1. The number of carboxylic acids is 1. The van der Waals surface area contributed by atoms with Gasteiger partial charge in [0.15, 0.2) is 6.10 Å². The van der Waals surface area contributed by atoms with Crippen LogP contribution >= 0.6 is 0 Å². The summed E-state index contributed by atoms with van der Waals surface area (Å²) >= 11 is 0. The van der Waals surface area contributed by atoms with E-state index in [0.29, 0.717) is 17.4 Å². The van der Waals surface area contributed by atoms with Gasteiger partial charge in [0.25, 0.3) is 6.29 Å². The Morgan fingerprint density at radius 3 is 1.03 bits per heavy atom. The van der Waals surface area contributed by atoms with Gasteiger partial charge in [0, 0.05) is 12.8 Å². The number of esters is 2. The lowest BCUT2D eigenvalue weighted by atomic mass is 10.0. The normalized spacial score (nSPS) is 12.9.